The predicted octanol–water partition coefficient (Wildman–Crippen LogP) is 1.33. The monoisotopic (exact) mass is 428 g/mol. The molecule has 0 spiro atoms. The van der Waals surface area contributed by atoms with E-state index in [0.29, 0.717) is 16.6 Å². The van der Waals surface area contributed by atoms with Crippen molar-refractivity contribution in [2.75, 3.05) is 0 Å². The fraction of sp³-hybridized carbons (Fsp3) is 0.200. The topological polar surface area (TPSA) is 126 Å². The van der Waals surface area contributed by atoms with Gasteiger partial charge in [0, 0.05) is 37.6 Å². The fourth-order valence-electron chi connectivity index (χ4n) is 3.61. The average Bonchev–Trinajstić information content (AvgIpc) is 3.22. The maximum atomic E-state index is 12.9. The highest BCUT2D eigenvalue weighted by atomic mass is 32.2. The summed E-state index contributed by atoms with van der Waals surface area (Å²) in [7, 11) is -0.995. The number of carboxylic acids is 1. The van der Waals surface area contributed by atoms with E-state index >= 15 is 0 Å². The number of hydrogen-bond acceptors (Lipinski definition) is 4. The van der Waals surface area contributed by atoms with Gasteiger partial charge in [-0.1, -0.05) is 18.2 Å². The molecule has 0 amide bonds. The summed E-state index contributed by atoms with van der Waals surface area (Å²) in [5.74, 6) is -1.28. The van der Waals surface area contributed by atoms with Gasteiger partial charge in [0.25, 0.3) is 0 Å². The van der Waals surface area contributed by atoms with E-state index in [0.717, 1.165) is 10.9 Å². The molecule has 156 valence electrons. The first-order valence-electron chi connectivity index (χ1n) is 9.14. The van der Waals surface area contributed by atoms with Crippen molar-refractivity contribution < 1.29 is 18.3 Å². The average molecular weight is 428 g/mol. The number of aliphatic carboxylic acids is 1. The quantitative estimate of drug-likeness (QED) is 0.427. The minimum absolute atomic E-state index is 0.0232. The van der Waals surface area contributed by atoms with E-state index in [-0.39, 0.29) is 17.0 Å². The number of aryl methyl sites for hydroxylation is 2. The number of rotatable bonds is 6. The Morgan fingerprint density at radius 2 is 1.83 bits per heavy atom. The normalized spacial score (nSPS) is 13.1. The molecule has 3 N–H and O–H groups in total. The standard InChI is InChI=1S/C20H20N4O5S/c1-23-17-8-7-13(10-18(17)24(2)20(23)27)30(28,29)22-16(19(25)26)9-12-11-21-15-6-4-3-5-14(12)15/h3-8,10-11,16,21-22H,9H2,1-2H3,(H,25,26). The van der Waals surface area contributed by atoms with E-state index in [2.05, 4.69) is 9.71 Å². The number of aromatic nitrogens is 3. The molecule has 30 heavy (non-hydrogen) atoms. The van der Waals surface area contributed by atoms with Gasteiger partial charge in [-0.15, -0.1) is 0 Å². The molecule has 0 saturated carbocycles. The number of aromatic amines is 1. The third-order valence-corrected chi connectivity index (χ3v) is 6.72. The van der Waals surface area contributed by atoms with Crippen LogP contribution in [0.5, 0.6) is 0 Å². The second kappa shape index (κ2) is 7.15. The van der Waals surface area contributed by atoms with Gasteiger partial charge in [-0.3, -0.25) is 13.9 Å². The summed E-state index contributed by atoms with van der Waals surface area (Å²) < 4.78 is 30.9. The van der Waals surface area contributed by atoms with Gasteiger partial charge in [0.15, 0.2) is 0 Å². The van der Waals surface area contributed by atoms with Gasteiger partial charge in [0.05, 0.1) is 15.9 Å². The Morgan fingerprint density at radius 3 is 2.57 bits per heavy atom. The Kier molecular flexibility index (Phi) is 4.75. The van der Waals surface area contributed by atoms with E-state index in [1.54, 1.807) is 20.3 Å². The number of para-hydroxylation sites is 1. The molecule has 0 radical (unpaired) electrons. The molecule has 1 unspecified atom stereocenters. The highest BCUT2D eigenvalue weighted by Gasteiger charge is 2.27. The molecular weight excluding hydrogens is 408 g/mol. The summed E-state index contributed by atoms with van der Waals surface area (Å²) in [6, 6.07) is 10.3. The summed E-state index contributed by atoms with van der Waals surface area (Å²) in [5.41, 5.74) is 2.27. The van der Waals surface area contributed by atoms with Gasteiger partial charge in [-0.05, 0) is 29.8 Å². The summed E-state index contributed by atoms with van der Waals surface area (Å²) in [6.07, 6.45) is 1.66. The van der Waals surface area contributed by atoms with Crippen molar-refractivity contribution in [1.29, 1.82) is 0 Å². The highest BCUT2D eigenvalue weighted by molar-refractivity contribution is 7.89. The number of nitrogens with zero attached hydrogens (tertiary/aromatic N) is 2. The zero-order chi connectivity index (χ0) is 21.6. The molecule has 9 nitrogen and oxygen atoms in total. The molecule has 0 bridgehead atoms. The molecule has 2 aromatic carbocycles. The lowest BCUT2D eigenvalue weighted by molar-refractivity contribution is -0.138. The fourth-order valence-corrected chi connectivity index (χ4v) is 4.82. The summed E-state index contributed by atoms with van der Waals surface area (Å²) in [4.78, 5) is 26.8. The molecule has 4 aromatic rings. The Labute approximate surface area is 171 Å². The van der Waals surface area contributed by atoms with E-state index in [1.807, 2.05) is 24.3 Å². The summed E-state index contributed by atoms with van der Waals surface area (Å²) in [5, 5.41) is 10.5. The molecule has 4 rings (SSSR count). The van der Waals surface area contributed by atoms with Gasteiger partial charge >= 0.3 is 11.7 Å². The van der Waals surface area contributed by atoms with Crippen LogP contribution in [0, 0.1) is 0 Å². The van der Waals surface area contributed by atoms with Crippen molar-refractivity contribution in [3.8, 4) is 0 Å². The van der Waals surface area contributed by atoms with E-state index in [4.69, 9.17) is 0 Å². The summed E-state index contributed by atoms with van der Waals surface area (Å²) in [6.45, 7) is 0. The minimum Gasteiger partial charge on any atom is -0.480 e. The second-order valence-corrected chi connectivity index (χ2v) is 8.84. The number of nitrogens with one attached hydrogen (secondary N) is 2. The van der Waals surface area contributed by atoms with Crippen LogP contribution in [0.3, 0.4) is 0 Å². The number of fused-ring (bicyclic) bond motifs is 2. The number of H-pyrrole nitrogens is 1. The molecule has 0 aliphatic heterocycles. The van der Waals surface area contributed by atoms with Crippen LogP contribution in [0.15, 0.2) is 58.4 Å². The van der Waals surface area contributed by atoms with Crippen LogP contribution in [0.4, 0.5) is 0 Å². The van der Waals surface area contributed by atoms with Gasteiger partial charge in [0.2, 0.25) is 10.0 Å². The molecule has 0 aliphatic carbocycles. The highest BCUT2D eigenvalue weighted by Crippen LogP contribution is 2.21. The zero-order valence-electron chi connectivity index (χ0n) is 16.3. The van der Waals surface area contributed by atoms with Gasteiger partial charge < -0.3 is 10.1 Å². The Hall–Kier alpha value is -3.37. The minimum atomic E-state index is -4.14. The van der Waals surface area contributed by atoms with Crippen molar-refractivity contribution in [3.05, 3.63) is 64.7 Å². The van der Waals surface area contributed by atoms with Crippen LogP contribution < -0.4 is 10.4 Å². The smallest absolute Gasteiger partial charge is 0.328 e. The van der Waals surface area contributed by atoms with Gasteiger partial charge in [-0.25, -0.2) is 13.2 Å². The Balaban J connectivity index is 1.67. The third-order valence-electron chi connectivity index (χ3n) is 5.25. The lowest BCUT2D eigenvalue weighted by Crippen LogP contribution is -2.42. The van der Waals surface area contributed by atoms with Crippen molar-refractivity contribution >= 4 is 37.9 Å². The van der Waals surface area contributed by atoms with Crippen molar-refractivity contribution in [2.45, 2.75) is 17.4 Å². The Bertz CT molecular complexity index is 1450. The number of benzene rings is 2. The van der Waals surface area contributed by atoms with Crippen LogP contribution in [0.2, 0.25) is 0 Å². The molecule has 1 atom stereocenters. The lowest BCUT2D eigenvalue weighted by Gasteiger charge is -2.15. The largest absolute Gasteiger partial charge is 0.480 e. The molecule has 0 aliphatic rings. The van der Waals surface area contributed by atoms with E-state index < -0.39 is 22.0 Å². The first kappa shape index (κ1) is 19.9. The van der Waals surface area contributed by atoms with Crippen LogP contribution >= 0.6 is 0 Å². The molecule has 0 fully saturated rings. The molecular formula is C20H20N4O5S. The van der Waals surface area contributed by atoms with Crippen LogP contribution in [0.25, 0.3) is 21.9 Å². The third kappa shape index (κ3) is 3.29. The predicted molar refractivity (Wildman–Crippen MR) is 112 cm³/mol. The van der Waals surface area contributed by atoms with Gasteiger partial charge in [-0.2, -0.15) is 4.72 Å². The maximum Gasteiger partial charge on any atom is 0.328 e. The number of imidazole rings is 1. The number of sulfonamides is 1. The maximum absolute atomic E-state index is 12.9. The van der Waals surface area contributed by atoms with Gasteiger partial charge in [0.1, 0.15) is 6.04 Å². The first-order chi connectivity index (χ1) is 14.2. The molecule has 0 saturated heterocycles. The van der Waals surface area contributed by atoms with Crippen LogP contribution in [-0.2, 0) is 35.3 Å². The zero-order valence-corrected chi connectivity index (χ0v) is 17.1. The SMILES string of the molecule is Cn1c(=O)n(C)c2cc(S(=O)(=O)NC(Cc3c[nH]c4ccccc34)C(=O)O)ccc21. The van der Waals surface area contributed by atoms with E-state index in [1.165, 1.54) is 27.3 Å². The molecule has 2 heterocycles. The van der Waals surface area contributed by atoms with Crippen molar-refractivity contribution in [2.24, 2.45) is 14.1 Å². The Morgan fingerprint density at radius 1 is 1.13 bits per heavy atom. The van der Waals surface area contributed by atoms with Crippen molar-refractivity contribution in [1.82, 2.24) is 18.8 Å². The summed E-state index contributed by atoms with van der Waals surface area (Å²) >= 11 is 0. The lowest BCUT2D eigenvalue weighted by atomic mass is 10.1. The molecule has 2 aromatic heterocycles. The second-order valence-electron chi connectivity index (χ2n) is 7.13. The van der Waals surface area contributed by atoms with Crippen LogP contribution in [0.1, 0.15) is 5.56 Å². The first-order valence-corrected chi connectivity index (χ1v) is 10.6. The van der Waals surface area contributed by atoms with Crippen LogP contribution in [-0.4, -0.2) is 39.7 Å². The van der Waals surface area contributed by atoms with Crippen molar-refractivity contribution in [3.63, 3.8) is 0 Å². The number of carbonyl (C=O) groups is 1. The number of carboxylic acid groups (broad SMARTS) is 1. The molecule has 10 heteroatoms. The number of hydrogen-bond donors (Lipinski definition) is 3. The van der Waals surface area contributed by atoms with E-state index in [9.17, 15) is 23.1 Å².